The molecule has 3 aromatic rings. The summed E-state index contributed by atoms with van der Waals surface area (Å²) >= 11 is 9.85. The Hall–Kier alpha value is -1.23. The Balaban J connectivity index is 1.86. The van der Waals surface area contributed by atoms with Gasteiger partial charge in [0.25, 0.3) is 0 Å². The average molecular weight is 307 g/mol. The summed E-state index contributed by atoms with van der Waals surface area (Å²) < 4.78 is 1.23. The number of pyridine rings is 1. The number of nitrogens with zero attached hydrogens (tertiary/aromatic N) is 1. The van der Waals surface area contributed by atoms with Gasteiger partial charge in [-0.25, -0.2) is 0 Å². The van der Waals surface area contributed by atoms with Gasteiger partial charge in [0.05, 0.1) is 16.9 Å². The van der Waals surface area contributed by atoms with Crippen LogP contribution in [0.1, 0.15) is 4.88 Å². The van der Waals surface area contributed by atoms with Crippen molar-refractivity contribution in [3.05, 3.63) is 52.6 Å². The zero-order chi connectivity index (χ0) is 13.2. The lowest BCUT2D eigenvalue weighted by molar-refractivity contribution is 1.27. The number of benzene rings is 1. The molecule has 0 bridgehead atoms. The largest absolute Gasteiger partial charge is 0.397 e. The first-order valence-electron chi connectivity index (χ1n) is 5.74. The van der Waals surface area contributed by atoms with Crippen LogP contribution in [0, 0.1) is 0 Å². The number of rotatable bonds is 3. The van der Waals surface area contributed by atoms with Gasteiger partial charge in [0.1, 0.15) is 0 Å². The van der Waals surface area contributed by atoms with Gasteiger partial charge in [-0.2, -0.15) is 0 Å². The number of thioether (sulfide) groups is 1. The molecule has 2 nitrogen and oxygen atoms in total. The van der Waals surface area contributed by atoms with Crippen LogP contribution in [0.3, 0.4) is 0 Å². The van der Waals surface area contributed by atoms with Crippen molar-refractivity contribution in [2.75, 3.05) is 5.73 Å². The maximum absolute atomic E-state index is 6.42. The predicted octanol–water partition coefficient (Wildman–Crippen LogP) is 4.82. The van der Waals surface area contributed by atoms with Crippen LogP contribution in [0.5, 0.6) is 0 Å². The monoisotopic (exact) mass is 306 g/mol. The van der Waals surface area contributed by atoms with Gasteiger partial charge >= 0.3 is 0 Å². The van der Waals surface area contributed by atoms with E-state index >= 15 is 0 Å². The predicted molar refractivity (Wildman–Crippen MR) is 85.0 cm³/mol. The fourth-order valence-corrected chi connectivity index (χ4v) is 4.42. The van der Waals surface area contributed by atoms with Crippen LogP contribution in [-0.4, -0.2) is 4.98 Å². The second kappa shape index (κ2) is 5.41. The number of hydrogen-bond donors (Lipinski definition) is 1. The van der Waals surface area contributed by atoms with Gasteiger partial charge in [0, 0.05) is 31.8 Å². The molecule has 0 saturated carbocycles. The number of fused-ring (bicyclic) bond motifs is 1. The molecule has 0 aliphatic heterocycles. The second-order valence-electron chi connectivity index (χ2n) is 4.04. The number of nitrogen functional groups attached to an aromatic ring is 1. The summed E-state index contributed by atoms with van der Waals surface area (Å²) in [6.45, 7) is 0. The third-order valence-corrected chi connectivity index (χ3v) is 5.78. The van der Waals surface area contributed by atoms with Crippen LogP contribution >= 0.6 is 34.7 Å². The molecule has 2 heterocycles. The summed E-state index contributed by atoms with van der Waals surface area (Å²) in [5.41, 5.74) is 6.60. The van der Waals surface area contributed by atoms with Gasteiger partial charge in [-0.05, 0) is 12.1 Å². The number of nitrogens with two attached hydrogens (primary N) is 1. The molecule has 0 spiro atoms. The summed E-state index contributed by atoms with van der Waals surface area (Å²) in [5, 5.41) is 1.99. The van der Waals surface area contributed by atoms with Crippen LogP contribution in [0.25, 0.3) is 10.1 Å². The Labute approximate surface area is 124 Å². The van der Waals surface area contributed by atoms with E-state index in [9.17, 15) is 0 Å². The third-order valence-electron chi connectivity index (χ3n) is 2.77. The Morgan fingerprint density at radius 3 is 2.89 bits per heavy atom. The van der Waals surface area contributed by atoms with Crippen molar-refractivity contribution in [3.8, 4) is 0 Å². The standard InChI is InChI=1S/C14H11ClN2S2/c15-14-9-3-1-2-4-11(9)19-13(14)8-18-12-5-6-17-7-10(12)16/h1-7H,8,16H2. The van der Waals surface area contributed by atoms with E-state index in [0.29, 0.717) is 5.69 Å². The van der Waals surface area contributed by atoms with E-state index in [1.165, 1.54) is 9.58 Å². The molecule has 0 aliphatic carbocycles. The summed E-state index contributed by atoms with van der Waals surface area (Å²) in [4.78, 5) is 6.22. The van der Waals surface area contributed by atoms with Crippen molar-refractivity contribution in [1.29, 1.82) is 0 Å². The summed E-state index contributed by atoms with van der Waals surface area (Å²) in [5.74, 6) is 0.826. The van der Waals surface area contributed by atoms with Gasteiger partial charge in [0.15, 0.2) is 0 Å². The molecule has 3 rings (SSSR count). The Morgan fingerprint density at radius 2 is 2.11 bits per heavy atom. The van der Waals surface area contributed by atoms with Gasteiger partial charge in [-0.3, -0.25) is 4.98 Å². The lowest BCUT2D eigenvalue weighted by Gasteiger charge is -2.03. The maximum Gasteiger partial charge on any atom is 0.0638 e. The topological polar surface area (TPSA) is 38.9 Å². The van der Waals surface area contributed by atoms with Crippen LogP contribution in [0.2, 0.25) is 5.02 Å². The molecule has 0 unspecified atom stereocenters. The van der Waals surface area contributed by atoms with Crippen LogP contribution in [-0.2, 0) is 5.75 Å². The highest BCUT2D eigenvalue weighted by atomic mass is 35.5. The van der Waals surface area contributed by atoms with Crippen molar-refractivity contribution in [2.24, 2.45) is 0 Å². The third kappa shape index (κ3) is 2.56. The van der Waals surface area contributed by atoms with Gasteiger partial charge in [-0.15, -0.1) is 23.1 Å². The van der Waals surface area contributed by atoms with Crippen LogP contribution in [0.4, 0.5) is 5.69 Å². The summed E-state index contributed by atoms with van der Waals surface area (Å²) in [6.07, 6.45) is 3.43. The van der Waals surface area contributed by atoms with Gasteiger partial charge in [-0.1, -0.05) is 29.8 Å². The van der Waals surface area contributed by atoms with E-state index in [2.05, 4.69) is 17.1 Å². The fraction of sp³-hybridized carbons (Fsp3) is 0.0714. The first-order chi connectivity index (χ1) is 9.25. The number of aromatic nitrogens is 1. The minimum atomic E-state index is 0.713. The highest BCUT2D eigenvalue weighted by Gasteiger charge is 2.10. The zero-order valence-corrected chi connectivity index (χ0v) is 12.4. The SMILES string of the molecule is Nc1cnccc1SCc1sc2ccccc2c1Cl. The quantitative estimate of drug-likeness (QED) is 0.705. The molecular formula is C14H11ClN2S2. The Morgan fingerprint density at radius 1 is 1.26 bits per heavy atom. The number of hydrogen-bond acceptors (Lipinski definition) is 4. The number of anilines is 1. The Kier molecular flexibility index (Phi) is 3.64. The smallest absolute Gasteiger partial charge is 0.0638 e. The van der Waals surface area contributed by atoms with Crippen LogP contribution in [0.15, 0.2) is 47.6 Å². The fourth-order valence-electron chi connectivity index (χ4n) is 1.83. The van der Waals surface area contributed by atoms with E-state index in [1.54, 1.807) is 35.5 Å². The lowest BCUT2D eigenvalue weighted by Crippen LogP contribution is -1.89. The average Bonchev–Trinajstić information content (AvgIpc) is 2.75. The molecule has 0 amide bonds. The van der Waals surface area contributed by atoms with Gasteiger partial charge in [0.2, 0.25) is 0 Å². The van der Waals surface area contributed by atoms with E-state index in [1.807, 2.05) is 18.2 Å². The summed E-state index contributed by atoms with van der Waals surface area (Å²) in [6, 6.07) is 10.1. The van der Waals surface area contributed by atoms with E-state index in [0.717, 1.165) is 21.1 Å². The molecule has 0 fully saturated rings. The lowest BCUT2D eigenvalue weighted by atomic mass is 10.2. The molecule has 5 heteroatoms. The molecule has 0 aliphatic rings. The molecule has 1 aromatic carbocycles. The van der Waals surface area contributed by atoms with Crippen molar-refractivity contribution < 1.29 is 0 Å². The highest BCUT2D eigenvalue weighted by Crippen LogP contribution is 2.39. The normalized spacial score (nSPS) is 11.0. The molecule has 96 valence electrons. The molecule has 2 N–H and O–H groups in total. The molecule has 0 atom stereocenters. The second-order valence-corrected chi connectivity index (χ2v) is 6.57. The minimum absolute atomic E-state index is 0.713. The van der Waals surface area contributed by atoms with Crippen LogP contribution < -0.4 is 5.73 Å². The first-order valence-corrected chi connectivity index (χ1v) is 7.92. The molecule has 2 aromatic heterocycles. The van der Waals surface area contributed by atoms with Crippen molar-refractivity contribution in [1.82, 2.24) is 4.98 Å². The first kappa shape index (κ1) is 12.8. The zero-order valence-electron chi connectivity index (χ0n) is 9.97. The van der Waals surface area contributed by atoms with Gasteiger partial charge < -0.3 is 5.73 Å². The minimum Gasteiger partial charge on any atom is -0.397 e. The summed E-state index contributed by atoms with van der Waals surface area (Å²) in [7, 11) is 0. The van der Waals surface area contributed by atoms with Crippen molar-refractivity contribution >= 4 is 50.5 Å². The van der Waals surface area contributed by atoms with Crippen molar-refractivity contribution in [3.63, 3.8) is 0 Å². The molecule has 0 saturated heterocycles. The maximum atomic E-state index is 6.42. The number of thiophene rings is 1. The van der Waals surface area contributed by atoms with Crippen molar-refractivity contribution in [2.45, 2.75) is 10.6 Å². The Bertz CT molecular complexity index is 724. The molecule has 0 radical (unpaired) electrons. The molecule has 19 heavy (non-hydrogen) atoms. The number of halogens is 1. The highest BCUT2D eigenvalue weighted by molar-refractivity contribution is 7.98. The van der Waals surface area contributed by atoms with E-state index in [-0.39, 0.29) is 0 Å². The van der Waals surface area contributed by atoms with E-state index in [4.69, 9.17) is 17.3 Å². The molecular weight excluding hydrogens is 296 g/mol. The van der Waals surface area contributed by atoms with E-state index < -0.39 is 0 Å².